The third-order valence-electron chi connectivity index (χ3n) is 15.1. The largest absolute Gasteiger partial charge is 0.354 e. The lowest BCUT2D eigenvalue weighted by Crippen LogP contribution is -2.21. The second-order valence-electron chi connectivity index (χ2n) is 27.3. The minimum absolute atomic E-state index is 0.0702. The maximum absolute atomic E-state index is 4.13. The molecule has 0 aliphatic carbocycles. The first-order valence-corrected chi connectivity index (χ1v) is 28.0. The van der Waals surface area contributed by atoms with Gasteiger partial charge in [0.15, 0.2) is 0 Å². The van der Waals surface area contributed by atoms with Crippen LogP contribution in [0.25, 0.3) is 22.3 Å². The molecule has 4 nitrogen and oxygen atoms in total. The Labute approximate surface area is 447 Å². The summed E-state index contributed by atoms with van der Waals surface area (Å²) in [5.41, 5.74) is 20.8. The van der Waals surface area contributed by atoms with Gasteiger partial charge in [-0.3, -0.25) is 0 Å². The highest BCUT2D eigenvalue weighted by Crippen LogP contribution is 2.38. The minimum atomic E-state index is -0.0756. The van der Waals surface area contributed by atoms with E-state index in [1.165, 1.54) is 55.0 Å². The highest BCUT2D eigenvalue weighted by atomic mass is 32.2. The van der Waals surface area contributed by atoms with Crippen LogP contribution < -0.4 is 21.4 Å². The maximum Gasteiger partial charge on any atom is 0.0485 e. The summed E-state index contributed by atoms with van der Waals surface area (Å²) < 4.78 is 0. The van der Waals surface area contributed by atoms with Crippen molar-refractivity contribution < 1.29 is 0 Å². The topological polar surface area (TPSA) is 63.2 Å². The van der Waals surface area contributed by atoms with Crippen molar-refractivity contribution in [2.24, 2.45) is 0 Å². The number of nitrogens with one attached hydrogen (secondary N) is 4. The highest BCUT2D eigenvalue weighted by Gasteiger charge is 2.28. The van der Waals surface area contributed by atoms with Crippen molar-refractivity contribution >= 4 is 34.1 Å². The lowest BCUT2D eigenvalue weighted by atomic mass is 9.78. The van der Waals surface area contributed by atoms with Gasteiger partial charge in [-0.05, 0) is 155 Å². The Morgan fingerprint density at radius 1 is 0.257 bits per heavy atom. The quantitative estimate of drug-likeness (QED) is 0.128. The van der Waals surface area contributed by atoms with Crippen LogP contribution in [0.15, 0.2) is 132 Å². The smallest absolute Gasteiger partial charge is 0.0485 e. The summed E-state index contributed by atoms with van der Waals surface area (Å²) in [5, 5.41) is 4.19. The van der Waals surface area contributed by atoms with E-state index in [-0.39, 0.29) is 32.5 Å². The van der Waals surface area contributed by atoms with Gasteiger partial charge in [0.1, 0.15) is 0 Å². The van der Waals surface area contributed by atoms with Crippen molar-refractivity contribution in [1.82, 2.24) is 19.9 Å². The minimum Gasteiger partial charge on any atom is -0.354 e. The molecule has 8 aromatic rings. The maximum atomic E-state index is 4.13. The van der Waals surface area contributed by atoms with Gasteiger partial charge < -0.3 is 19.9 Å². The Kier molecular flexibility index (Phi) is 13.2. The number of aromatic amines is 4. The van der Waals surface area contributed by atoms with E-state index in [0.717, 1.165) is 72.0 Å². The molecule has 0 spiro atoms. The predicted octanol–water partition coefficient (Wildman–Crippen LogP) is 14.8. The molecule has 5 heterocycles. The molecule has 8 bridgehead atoms. The van der Waals surface area contributed by atoms with E-state index in [9.17, 15) is 0 Å². The third-order valence-corrected chi connectivity index (χ3v) is 15.9. The van der Waals surface area contributed by atoms with Crippen LogP contribution in [0.1, 0.15) is 203 Å². The number of hydrogen-bond acceptors (Lipinski definition) is 1. The van der Waals surface area contributed by atoms with Crippen molar-refractivity contribution in [2.45, 2.75) is 162 Å². The fraction of sp³-hybridized carbons (Fsp3) is 0.362. The summed E-state index contributed by atoms with van der Waals surface area (Å²) in [4.78, 5) is 17.7. The second-order valence-corrected chi connectivity index (χ2v) is 28.1. The van der Waals surface area contributed by atoms with E-state index in [1.807, 2.05) is 0 Å². The summed E-state index contributed by atoms with van der Waals surface area (Å²) in [6.45, 7) is 41.9. The highest BCUT2D eigenvalue weighted by molar-refractivity contribution is 7.98. The number of benzene rings is 4. The van der Waals surface area contributed by atoms with E-state index < -0.39 is 0 Å². The molecule has 0 amide bonds. The molecule has 0 saturated carbocycles. The van der Waals surface area contributed by atoms with E-state index in [0.29, 0.717) is 0 Å². The van der Waals surface area contributed by atoms with Crippen molar-refractivity contribution in [3.8, 4) is 0 Å². The zero-order valence-electron chi connectivity index (χ0n) is 48.0. The van der Waals surface area contributed by atoms with Gasteiger partial charge in [-0.2, -0.15) is 0 Å². The lowest BCUT2D eigenvalue weighted by molar-refractivity contribution is 0.567. The molecule has 4 aromatic carbocycles. The van der Waals surface area contributed by atoms with E-state index in [4.69, 9.17) is 0 Å². The van der Waals surface area contributed by atoms with E-state index >= 15 is 0 Å². The molecule has 0 atom stereocenters. The van der Waals surface area contributed by atoms with Crippen LogP contribution >= 0.6 is 11.8 Å². The van der Waals surface area contributed by atoms with E-state index in [1.54, 1.807) is 11.8 Å². The van der Waals surface area contributed by atoms with Crippen molar-refractivity contribution in [3.63, 3.8) is 0 Å². The number of fused-ring (bicyclic) bond motifs is 8. The Morgan fingerprint density at radius 2 is 0.486 bits per heavy atom. The number of hydrogen-bond donors (Lipinski definition) is 4. The zero-order valence-corrected chi connectivity index (χ0v) is 48.8. The molecule has 0 radical (unpaired) electrons. The Balaban J connectivity index is 1.49. The Hall–Kier alpha value is -6.17. The van der Waals surface area contributed by atoms with Gasteiger partial charge in [0, 0.05) is 71.4 Å². The van der Waals surface area contributed by atoms with Gasteiger partial charge in [-0.1, -0.05) is 191 Å². The fourth-order valence-electron chi connectivity index (χ4n) is 10.2. The standard InChI is InChI=1S/C69H82N4S/c1-64(2,3)45-32-42(33-46(38-45)65(4,5)6)61-54-26-24-52(70-54)60(41-20-22-51(74-19)23-21-41)53-25-27-55(71-53)62(43-34-47(66(7,8)9)39-48(35-43)67(10,11)12)57-29-31-59(73-57)63(58-30-28-56(61)72-58)44-36-49(68(13,14)15)40-50(37-44)69(16,17)18/h20-40,70-73H,1-19H3. The van der Waals surface area contributed by atoms with Crippen LogP contribution in [0.5, 0.6) is 0 Å². The van der Waals surface area contributed by atoms with Crippen molar-refractivity contribution in [2.75, 3.05) is 6.26 Å². The first-order chi connectivity index (χ1) is 34.4. The predicted molar refractivity (Wildman–Crippen MR) is 318 cm³/mol. The molecule has 4 aromatic heterocycles. The van der Waals surface area contributed by atoms with Crippen LogP contribution in [0.3, 0.4) is 0 Å². The molecular weight excluding hydrogens is 917 g/mol. The van der Waals surface area contributed by atoms with Crippen LogP contribution in [-0.2, 0) is 32.5 Å². The zero-order chi connectivity index (χ0) is 53.7. The molecule has 0 unspecified atom stereocenters. The summed E-state index contributed by atoms with van der Waals surface area (Å²) >= 11 is 1.77. The molecule has 4 N–H and O–H groups in total. The molecule has 74 heavy (non-hydrogen) atoms. The fourth-order valence-corrected chi connectivity index (χ4v) is 10.7. The third kappa shape index (κ3) is 10.6. The molecule has 384 valence electrons. The second kappa shape index (κ2) is 18.6. The molecule has 9 rings (SSSR count). The molecular formula is C69H82N4S. The average molecular weight is 1000 g/mol. The molecule has 5 heteroatoms. The summed E-state index contributed by atoms with van der Waals surface area (Å²) in [7, 11) is 0. The number of H-pyrrole nitrogens is 4. The lowest BCUT2D eigenvalue weighted by Gasteiger charge is -2.27. The van der Waals surface area contributed by atoms with Crippen LogP contribution in [0, 0.1) is 0 Å². The first-order valence-electron chi connectivity index (χ1n) is 26.8. The SMILES string of the molecule is CSc1ccc(C2=c3ccc([nH]3)=C(c3cc(C(C)(C)C)cc(C(C)(C)C)c3)c3ccc([nH]3)C(c3cc(C(C)(C)C)cc(C(C)(C)C)c3)=c3ccc([nH]3)=C(c3cc(C(C)(C)C)cc(C(C)(C)C)c3)c3ccc2[nH]3)cc1. The number of aromatic nitrogens is 4. The number of rotatable bonds is 5. The Bertz CT molecular complexity index is 3580. The van der Waals surface area contributed by atoms with Gasteiger partial charge in [-0.25, -0.2) is 0 Å². The van der Waals surface area contributed by atoms with Gasteiger partial charge >= 0.3 is 0 Å². The van der Waals surface area contributed by atoms with Gasteiger partial charge in [-0.15, -0.1) is 11.8 Å². The molecule has 1 aliphatic rings. The van der Waals surface area contributed by atoms with Gasteiger partial charge in [0.25, 0.3) is 0 Å². The Morgan fingerprint density at radius 3 is 0.703 bits per heavy atom. The first kappa shape index (κ1) is 52.7. The van der Waals surface area contributed by atoms with Gasteiger partial charge in [0.05, 0.1) is 0 Å². The van der Waals surface area contributed by atoms with Crippen LogP contribution in [0.4, 0.5) is 0 Å². The van der Waals surface area contributed by atoms with Gasteiger partial charge in [0.2, 0.25) is 0 Å². The molecule has 0 fully saturated rings. The van der Waals surface area contributed by atoms with Crippen molar-refractivity contribution in [3.05, 3.63) is 227 Å². The summed E-state index contributed by atoms with van der Waals surface area (Å²) in [5.74, 6) is 0. The summed E-state index contributed by atoms with van der Waals surface area (Å²) in [6.07, 6.45) is 2.14. The molecule has 0 saturated heterocycles. The van der Waals surface area contributed by atoms with E-state index in [2.05, 4.69) is 278 Å². The monoisotopic (exact) mass is 999 g/mol. The van der Waals surface area contributed by atoms with Crippen LogP contribution in [-0.4, -0.2) is 26.2 Å². The molecule has 1 aliphatic heterocycles. The summed E-state index contributed by atoms with van der Waals surface area (Å²) in [6, 6.07) is 49.2. The number of thioether (sulfide) groups is 1. The van der Waals surface area contributed by atoms with Crippen molar-refractivity contribution in [1.29, 1.82) is 0 Å². The van der Waals surface area contributed by atoms with Crippen LogP contribution in [0.2, 0.25) is 0 Å². The average Bonchev–Trinajstić information content (AvgIpc) is 4.16. The normalized spacial score (nSPS) is 14.1.